The molecule has 25 heavy (non-hydrogen) atoms. The van der Waals surface area contributed by atoms with Crippen molar-refractivity contribution >= 4 is 22.8 Å². The molecule has 2 heterocycles. The fraction of sp³-hybridized carbons (Fsp3) is 0.308. The van der Waals surface area contributed by atoms with Crippen molar-refractivity contribution in [1.29, 1.82) is 0 Å². The summed E-state index contributed by atoms with van der Waals surface area (Å²) in [5.74, 6) is -0.660. The Morgan fingerprint density at radius 1 is 1.32 bits per heavy atom. The van der Waals surface area contributed by atoms with E-state index in [1.807, 2.05) is 0 Å². The molecule has 0 aliphatic carbocycles. The lowest BCUT2D eigenvalue weighted by atomic mass is 10.2. The normalized spacial score (nSPS) is 17.6. The van der Waals surface area contributed by atoms with Crippen LogP contribution in [0.5, 0.6) is 5.75 Å². The third-order valence-electron chi connectivity index (χ3n) is 3.16. The van der Waals surface area contributed by atoms with Gasteiger partial charge in [0, 0.05) is 5.75 Å². The molecule has 0 unspecified atom stereocenters. The molecule has 1 aliphatic heterocycles. The van der Waals surface area contributed by atoms with Crippen molar-refractivity contribution in [3.63, 3.8) is 0 Å². The number of hydrogen-bond donors (Lipinski definition) is 1. The Balaban J connectivity index is 1.68. The zero-order valence-corrected chi connectivity index (χ0v) is 13.2. The molecule has 1 saturated heterocycles. The van der Waals surface area contributed by atoms with Crippen molar-refractivity contribution in [3.8, 4) is 11.4 Å². The van der Waals surface area contributed by atoms with Gasteiger partial charge in [-0.15, -0.1) is 28.2 Å². The Morgan fingerprint density at radius 2 is 2.04 bits per heavy atom. The predicted molar refractivity (Wildman–Crippen MR) is 79.2 cm³/mol. The van der Waals surface area contributed by atoms with Gasteiger partial charge >= 0.3 is 6.36 Å². The quantitative estimate of drug-likeness (QED) is 0.863. The van der Waals surface area contributed by atoms with Gasteiger partial charge in [0.1, 0.15) is 5.75 Å². The lowest BCUT2D eigenvalue weighted by Gasteiger charge is -2.08. The minimum Gasteiger partial charge on any atom is -0.406 e. The Morgan fingerprint density at radius 3 is 2.64 bits per heavy atom. The molecule has 132 valence electrons. The van der Waals surface area contributed by atoms with E-state index in [4.69, 9.17) is 0 Å². The zero-order chi connectivity index (χ0) is 18.0. The number of nitrogens with one attached hydrogen (secondary N) is 1. The summed E-state index contributed by atoms with van der Waals surface area (Å²) < 4.78 is 40.1. The average molecular weight is 373 g/mol. The molecule has 0 bridgehead atoms. The maximum Gasteiger partial charge on any atom is 0.573 e. The van der Waals surface area contributed by atoms with Crippen molar-refractivity contribution in [2.24, 2.45) is 0 Å². The second kappa shape index (κ2) is 6.70. The third-order valence-corrected chi connectivity index (χ3v) is 4.17. The molecule has 0 saturated carbocycles. The lowest BCUT2D eigenvalue weighted by Crippen LogP contribution is -2.37. The number of amides is 1. The number of tetrazole rings is 1. The van der Waals surface area contributed by atoms with Crippen LogP contribution in [0.1, 0.15) is 17.0 Å². The van der Waals surface area contributed by atoms with E-state index < -0.39 is 24.1 Å². The molecule has 1 fully saturated rings. The number of carbonyl (C=O) groups is 2. The van der Waals surface area contributed by atoms with Crippen LogP contribution in [-0.2, 0) is 4.79 Å². The molecule has 1 atom stereocenters. The molecule has 3 rings (SSSR count). The predicted octanol–water partition coefficient (Wildman–Crippen LogP) is 1.32. The van der Waals surface area contributed by atoms with E-state index in [9.17, 15) is 22.8 Å². The highest BCUT2D eigenvalue weighted by molar-refractivity contribution is 8.14. The van der Waals surface area contributed by atoms with Crippen LogP contribution in [0, 0.1) is 0 Å². The fourth-order valence-corrected chi connectivity index (χ4v) is 2.98. The Kier molecular flexibility index (Phi) is 4.61. The summed E-state index contributed by atoms with van der Waals surface area (Å²) in [5.41, 5.74) is 0.286. The Bertz CT molecular complexity index is 793. The standard InChI is InChI=1S/C13H10F3N5O3S/c14-13(15,16)24-8-3-1-7(2-4-8)21-19-10(18-20-21)11(22)17-9-5-6-25-12(9)23/h1-4,9H,5-6H2,(H,17,22)/t9-/m1/s1. The summed E-state index contributed by atoms with van der Waals surface area (Å²) in [5, 5.41) is 13.5. The summed E-state index contributed by atoms with van der Waals surface area (Å²) in [4.78, 5) is 24.5. The van der Waals surface area contributed by atoms with Gasteiger partial charge in [-0.25, -0.2) is 0 Å². The second-order valence-corrected chi connectivity index (χ2v) is 6.03. The van der Waals surface area contributed by atoms with E-state index in [2.05, 4.69) is 25.5 Å². The summed E-state index contributed by atoms with van der Waals surface area (Å²) in [6, 6.07) is 4.15. The van der Waals surface area contributed by atoms with Gasteiger partial charge in [-0.3, -0.25) is 9.59 Å². The number of halogens is 3. The lowest BCUT2D eigenvalue weighted by molar-refractivity contribution is -0.274. The molecule has 1 N–H and O–H groups in total. The van der Waals surface area contributed by atoms with Crippen molar-refractivity contribution < 1.29 is 27.5 Å². The van der Waals surface area contributed by atoms with E-state index >= 15 is 0 Å². The number of aromatic nitrogens is 4. The molecule has 0 radical (unpaired) electrons. The highest BCUT2D eigenvalue weighted by Gasteiger charge is 2.31. The van der Waals surface area contributed by atoms with Crippen LogP contribution < -0.4 is 10.1 Å². The van der Waals surface area contributed by atoms with Gasteiger partial charge in [-0.2, -0.15) is 0 Å². The fourth-order valence-electron chi connectivity index (χ4n) is 2.05. The molecule has 0 spiro atoms. The first-order chi connectivity index (χ1) is 11.8. The third kappa shape index (κ3) is 4.26. The Labute approximate surface area is 142 Å². The van der Waals surface area contributed by atoms with E-state index in [1.165, 1.54) is 12.1 Å². The molecule has 12 heteroatoms. The van der Waals surface area contributed by atoms with Crippen molar-refractivity contribution in [2.45, 2.75) is 18.8 Å². The highest BCUT2D eigenvalue weighted by atomic mass is 32.2. The number of ether oxygens (including phenoxy) is 1. The van der Waals surface area contributed by atoms with E-state index in [0.29, 0.717) is 12.2 Å². The summed E-state index contributed by atoms with van der Waals surface area (Å²) in [6.07, 6.45) is -4.25. The maximum absolute atomic E-state index is 12.1. The molecule has 2 aromatic rings. The molecular formula is C13H10F3N5O3S. The summed E-state index contributed by atoms with van der Waals surface area (Å²) >= 11 is 1.14. The maximum atomic E-state index is 12.1. The number of benzene rings is 1. The number of thioether (sulfide) groups is 1. The first-order valence-corrected chi connectivity index (χ1v) is 7.94. The van der Waals surface area contributed by atoms with Gasteiger partial charge in [-0.05, 0) is 35.9 Å². The molecular weight excluding hydrogens is 363 g/mol. The first kappa shape index (κ1) is 17.2. The number of alkyl halides is 3. The topological polar surface area (TPSA) is 99.0 Å². The zero-order valence-electron chi connectivity index (χ0n) is 12.4. The molecule has 1 aromatic carbocycles. The number of hydrogen-bond acceptors (Lipinski definition) is 7. The van der Waals surface area contributed by atoms with Crippen molar-refractivity contribution in [1.82, 2.24) is 25.5 Å². The SMILES string of the molecule is O=C(N[C@@H]1CCSC1=O)c1nnn(-c2ccc(OC(F)(F)F)cc2)n1. The van der Waals surface area contributed by atoms with Crippen molar-refractivity contribution in [2.75, 3.05) is 5.75 Å². The minimum atomic E-state index is -4.78. The van der Waals surface area contributed by atoms with Crippen LogP contribution in [0.25, 0.3) is 5.69 Å². The van der Waals surface area contributed by atoms with Gasteiger partial charge < -0.3 is 10.1 Å². The van der Waals surface area contributed by atoms with Gasteiger partial charge in [0.2, 0.25) is 5.12 Å². The van der Waals surface area contributed by atoms with Crippen molar-refractivity contribution in [3.05, 3.63) is 30.1 Å². The van der Waals surface area contributed by atoms with Gasteiger partial charge in [-0.1, -0.05) is 11.8 Å². The number of carbonyl (C=O) groups excluding carboxylic acids is 2. The molecule has 1 amide bonds. The van der Waals surface area contributed by atoms with E-state index in [0.717, 1.165) is 28.7 Å². The largest absolute Gasteiger partial charge is 0.573 e. The van der Waals surface area contributed by atoms with Gasteiger partial charge in [0.15, 0.2) is 0 Å². The van der Waals surface area contributed by atoms with Crippen LogP contribution in [-0.4, -0.2) is 49.4 Å². The molecule has 8 nitrogen and oxygen atoms in total. The van der Waals surface area contributed by atoms with E-state index in [1.54, 1.807) is 0 Å². The smallest absolute Gasteiger partial charge is 0.406 e. The van der Waals surface area contributed by atoms with Crippen LogP contribution in [0.2, 0.25) is 0 Å². The average Bonchev–Trinajstić information content (AvgIpc) is 3.16. The molecule has 1 aromatic heterocycles. The van der Waals surface area contributed by atoms with Crippen LogP contribution in [0.3, 0.4) is 0 Å². The van der Waals surface area contributed by atoms with E-state index in [-0.39, 0.29) is 16.6 Å². The number of rotatable bonds is 4. The van der Waals surface area contributed by atoms with Gasteiger partial charge in [0.25, 0.3) is 11.7 Å². The second-order valence-electron chi connectivity index (χ2n) is 4.93. The van der Waals surface area contributed by atoms with Crippen LogP contribution in [0.15, 0.2) is 24.3 Å². The highest BCUT2D eigenvalue weighted by Crippen LogP contribution is 2.23. The Hall–Kier alpha value is -2.63. The summed E-state index contributed by atoms with van der Waals surface area (Å²) in [7, 11) is 0. The number of nitrogens with zero attached hydrogens (tertiary/aromatic N) is 4. The first-order valence-electron chi connectivity index (χ1n) is 6.95. The minimum absolute atomic E-state index is 0.124. The summed E-state index contributed by atoms with van der Waals surface area (Å²) in [6.45, 7) is 0. The van der Waals surface area contributed by atoms with Crippen LogP contribution >= 0.6 is 11.8 Å². The molecule has 1 aliphatic rings. The van der Waals surface area contributed by atoms with Gasteiger partial charge in [0.05, 0.1) is 11.7 Å². The van der Waals surface area contributed by atoms with Crippen LogP contribution in [0.4, 0.5) is 13.2 Å². The monoisotopic (exact) mass is 373 g/mol.